The fourth-order valence-electron chi connectivity index (χ4n) is 2.88. The molecule has 1 aliphatic heterocycles. The van der Waals surface area contributed by atoms with Crippen molar-refractivity contribution in [3.63, 3.8) is 0 Å². The van der Waals surface area contributed by atoms with E-state index in [4.69, 9.17) is 4.74 Å². The molecule has 1 N–H and O–H groups in total. The summed E-state index contributed by atoms with van der Waals surface area (Å²) in [5.41, 5.74) is 0.444. The summed E-state index contributed by atoms with van der Waals surface area (Å²) in [4.78, 5) is 27.6. The lowest BCUT2D eigenvalue weighted by molar-refractivity contribution is -0.155. The van der Waals surface area contributed by atoms with Crippen LogP contribution in [0.3, 0.4) is 0 Å². The molecular weight excluding hydrogens is 324 g/mol. The summed E-state index contributed by atoms with van der Waals surface area (Å²) >= 11 is 0. The summed E-state index contributed by atoms with van der Waals surface area (Å²) in [7, 11) is 3.30. The average Bonchev–Trinajstić information content (AvgIpc) is 2.97. The minimum Gasteiger partial charge on any atom is -0.386 e. The summed E-state index contributed by atoms with van der Waals surface area (Å²) in [6, 6.07) is 1.76. The van der Waals surface area contributed by atoms with Crippen molar-refractivity contribution in [1.82, 2.24) is 19.6 Å². The van der Waals surface area contributed by atoms with Crippen LogP contribution in [0, 0.1) is 0 Å². The van der Waals surface area contributed by atoms with Gasteiger partial charge in [-0.2, -0.15) is 5.10 Å². The molecule has 8 nitrogen and oxygen atoms in total. The van der Waals surface area contributed by atoms with Crippen LogP contribution in [-0.4, -0.2) is 69.3 Å². The number of hydrogen-bond acceptors (Lipinski definition) is 5. The van der Waals surface area contributed by atoms with E-state index < -0.39 is 11.7 Å². The molecule has 25 heavy (non-hydrogen) atoms. The van der Waals surface area contributed by atoms with E-state index in [1.807, 2.05) is 6.92 Å². The number of carbonyl (C=O) groups excluding carboxylic acids is 2. The Morgan fingerprint density at radius 1 is 1.40 bits per heavy atom. The van der Waals surface area contributed by atoms with E-state index >= 15 is 0 Å². The normalized spacial score (nSPS) is 15.7. The van der Waals surface area contributed by atoms with Gasteiger partial charge in [-0.15, -0.1) is 0 Å². The molecule has 0 fully saturated rings. The third kappa shape index (κ3) is 4.38. The van der Waals surface area contributed by atoms with E-state index in [1.54, 1.807) is 43.6 Å². The first kappa shape index (κ1) is 19.4. The molecule has 2 rings (SSSR count). The molecule has 0 saturated carbocycles. The number of amides is 2. The second-order valence-electron chi connectivity index (χ2n) is 6.96. The highest BCUT2D eigenvalue weighted by Gasteiger charge is 2.35. The average molecular weight is 352 g/mol. The molecule has 1 unspecified atom stereocenters. The number of hydrogen-bond donors (Lipinski definition) is 1. The van der Waals surface area contributed by atoms with Crippen LogP contribution in [0.4, 0.5) is 0 Å². The Labute approximate surface area is 148 Å². The topological polar surface area (TPSA) is 87.9 Å². The van der Waals surface area contributed by atoms with Gasteiger partial charge in [-0.1, -0.05) is 0 Å². The number of fused-ring (bicyclic) bond motifs is 1. The summed E-state index contributed by atoms with van der Waals surface area (Å²) in [6.45, 7) is 7.38. The summed E-state index contributed by atoms with van der Waals surface area (Å²) in [5.74, 6) is -0.222. The van der Waals surface area contributed by atoms with Crippen molar-refractivity contribution in [3.8, 4) is 0 Å². The smallest absolute Gasteiger partial charge is 0.254 e. The van der Waals surface area contributed by atoms with E-state index in [0.717, 1.165) is 5.69 Å². The van der Waals surface area contributed by atoms with E-state index in [-0.39, 0.29) is 18.2 Å². The number of ether oxygens (including phenoxy) is 1. The molecule has 0 aliphatic carbocycles. The monoisotopic (exact) mass is 352 g/mol. The maximum atomic E-state index is 12.7. The first-order chi connectivity index (χ1) is 11.7. The highest BCUT2D eigenvalue weighted by Crippen LogP contribution is 2.23. The van der Waals surface area contributed by atoms with Crippen LogP contribution >= 0.6 is 0 Å². The highest BCUT2D eigenvalue weighted by molar-refractivity contribution is 5.84. The second kappa shape index (κ2) is 7.53. The minimum absolute atomic E-state index is 0.0104. The van der Waals surface area contributed by atoms with Gasteiger partial charge >= 0.3 is 0 Å². The SMILES string of the molecule is CCOC(C)(C)C(=O)N1CCn2nc(C(O)CC(=O)N(C)C)cc2C1. The maximum absolute atomic E-state index is 12.7. The quantitative estimate of drug-likeness (QED) is 0.808. The molecule has 0 saturated heterocycles. The fraction of sp³-hybridized carbons (Fsp3) is 0.706. The molecule has 140 valence electrons. The van der Waals surface area contributed by atoms with Crippen LogP contribution in [0.15, 0.2) is 6.07 Å². The number of rotatable bonds is 6. The predicted molar refractivity (Wildman–Crippen MR) is 91.6 cm³/mol. The molecule has 0 bridgehead atoms. The van der Waals surface area contributed by atoms with Gasteiger partial charge in [0.15, 0.2) is 0 Å². The van der Waals surface area contributed by atoms with Crippen molar-refractivity contribution in [1.29, 1.82) is 0 Å². The number of aliphatic hydroxyl groups is 1. The Balaban J connectivity index is 2.08. The zero-order valence-electron chi connectivity index (χ0n) is 15.7. The number of carbonyl (C=O) groups is 2. The Morgan fingerprint density at radius 3 is 2.68 bits per heavy atom. The molecule has 0 spiro atoms. The van der Waals surface area contributed by atoms with Crippen LogP contribution in [0.25, 0.3) is 0 Å². The molecule has 1 aliphatic rings. The molecule has 0 aromatic carbocycles. The molecular formula is C17H28N4O4. The highest BCUT2D eigenvalue weighted by atomic mass is 16.5. The zero-order valence-corrected chi connectivity index (χ0v) is 15.7. The Hall–Kier alpha value is -1.93. The first-order valence-corrected chi connectivity index (χ1v) is 8.54. The van der Waals surface area contributed by atoms with Gasteiger partial charge in [0.25, 0.3) is 5.91 Å². The lowest BCUT2D eigenvalue weighted by atomic mass is 10.1. The predicted octanol–water partition coefficient (Wildman–Crippen LogP) is 0.552. The van der Waals surface area contributed by atoms with Gasteiger partial charge in [0.2, 0.25) is 5.91 Å². The fourth-order valence-corrected chi connectivity index (χ4v) is 2.88. The van der Waals surface area contributed by atoms with Crippen molar-refractivity contribution in [2.45, 2.75) is 52.0 Å². The van der Waals surface area contributed by atoms with Crippen molar-refractivity contribution >= 4 is 11.8 Å². The van der Waals surface area contributed by atoms with Gasteiger partial charge in [0, 0.05) is 27.2 Å². The summed E-state index contributed by atoms with van der Waals surface area (Å²) in [6.07, 6.45) is -0.958. The molecule has 1 aromatic rings. The van der Waals surface area contributed by atoms with Gasteiger partial charge in [0.1, 0.15) is 11.7 Å². The minimum atomic E-state index is -0.947. The third-order valence-corrected chi connectivity index (χ3v) is 4.33. The van der Waals surface area contributed by atoms with Gasteiger partial charge < -0.3 is 19.6 Å². The molecule has 8 heteroatoms. The van der Waals surface area contributed by atoms with Crippen LogP contribution < -0.4 is 0 Å². The lowest BCUT2D eigenvalue weighted by Crippen LogP contribution is -2.49. The molecule has 1 atom stereocenters. The van der Waals surface area contributed by atoms with Crippen LogP contribution in [0.5, 0.6) is 0 Å². The van der Waals surface area contributed by atoms with Crippen molar-refractivity contribution < 1.29 is 19.4 Å². The van der Waals surface area contributed by atoms with Gasteiger partial charge in [-0.05, 0) is 26.8 Å². The number of nitrogens with zero attached hydrogens (tertiary/aromatic N) is 4. The van der Waals surface area contributed by atoms with Gasteiger partial charge in [-0.25, -0.2) is 0 Å². The van der Waals surface area contributed by atoms with Crippen LogP contribution in [0.2, 0.25) is 0 Å². The maximum Gasteiger partial charge on any atom is 0.254 e. The van der Waals surface area contributed by atoms with Crippen molar-refractivity contribution in [3.05, 3.63) is 17.5 Å². The van der Waals surface area contributed by atoms with E-state index in [1.165, 1.54) is 4.90 Å². The van der Waals surface area contributed by atoms with E-state index in [9.17, 15) is 14.7 Å². The van der Waals surface area contributed by atoms with E-state index in [2.05, 4.69) is 5.10 Å². The molecule has 2 heterocycles. The Morgan fingerprint density at radius 2 is 2.08 bits per heavy atom. The lowest BCUT2D eigenvalue weighted by Gasteiger charge is -2.34. The molecule has 2 amide bonds. The van der Waals surface area contributed by atoms with Crippen LogP contribution in [-0.2, 0) is 27.4 Å². The summed E-state index contributed by atoms with van der Waals surface area (Å²) in [5, 5.41) is 14.6. The standard InChI is InChI=1S/C17H28N4O4/c1-6-25-17(2,3)16(24)20-7-8-21-12(11-20)9-13(18-21)14(22)10-15(23)19(4)5/h9,14,22H,6-8,10-11H2,1-5H3. The Kier molecular flexibility index (Phi) is 5.84. The zero-order chi connectivity index (χ0) is 18.8. The number of aromatic nitrogens is 2. The first-order valence-electron chi connectivity index (χ1n) is 8.54. The van der Waals surface area contributed by atoms with Gasteiger partial charge in [0.05, 0.1) is 30.9 Å². The van der Waals surface area contributed by atoms with Crippen molar-refractivity contribution in [2.75, 3.05) is 27.2 Å². The van der Waals surface area contributed by atoms with Crippen molar-refractivity contribution in [2.24, 2.45) is 0 Å². The second-order valence-corrected chi connectivity index (χ2v) is 6.96. The van der Waals surface area contributed by atoms with Crippen LogP contribution in [0.1, 0.15) is 44.7 Å². The van der Waals surface area contributed by atoms with Gasteiger partial charge in [-0.3, -0.25) is 14.3 Å². The molecule has 1 aromatic heterocycles. The van der Waals surface area contributed by atoms with E-state index in [0.29, 0.717) is 31.9 Å². The number of aliphatic hydroxyl groups excluding tert-OH is 1. The molecule has 0 radical (unpaired) electrons. The summed E-state index contributed by atoms with van der Waals surface area (Å²) < 4.78 is 7.33. The largest absolute Gasteiger partial charge is 0.386 e. The Bertz CT molecular complexity index is 639. The third-order valence-electron chi connectivity index (χ3n) is 4.33.